The average molecular weight is 711 g/mol. The van der Waals surface area contributed by atoms with Gasteiger partial charge in [0.25, 0.3) is 0 Å². The monoisotopic (exact) mass is 710 g/mol. The molecule has 0 heterocycles. The Hall–Kier alpha value is 0.600. The van der Waals surface area contributed by atoms with Crippen molar-refractivity contribution >= 4 is 34.5 Å². The van der Waals surface area contributed by atoms with E-state index in [2.05, 4.69) is 55.4 Å². The summed E-state index contributed by atoms with van der Waals surface area (Å²) in [7, 11) is -9.61. The molecule has 0 aromatic heterocycles. The zero-order chi connectivity index (χ0) is 33.7. The molecule has 0 unspecified atom stereocenters. The molecular formula is C32H72O8P2S2. The van der Waals surface area contributed by atoms with Crippen LogP contribution in [0.4, 0.5) is 0 Å². The molecule has 0 aromatic rings. The first-order valence-corrected chi connectivity index (χ1v) is 26.5. The Labute approximate surface area is 274 Å². The van der Waals surface area contributed by atoms with Gasteiger partial charge in [0, 0.05) is 0 Å². The third-order valence-electron chi connectivity index (χ3n) is 9.42. The minimum absolute atomic E-state index is 0.687. The number of hydrogen-bond acceptors (Lipinski definition) is 8. The van der Waals surface area contributed by atoms with E-state index < -0.39 is 34.5 Å². The molecule has 0 atom stereocenters. The molecule has 0 N–H and O–H groups in total. The van der Waals surface area contributed by atoms with E-state index in [0.717, 1.165) is 103 Å². The normalized spacial score (nSPS) is 15.1. The third kappa shape index (κ3) is 15.2. The third-order valence-corrected chi connectivity index (χ3v) is 26.4. The standard InChI is InChI=1S/C32H72O8P2S2/c1-9-17-25-41(26-18-10-2,27-19-11-3,28-20-12-4)39-43(33,34)37-38-44(35,36)40-42(29-21-13-5,30-22-14-6,31-23-15-7)32-24-16-8/h9-32H2,1-8H3. The van der Waals surface area contributed by atoms with Gasteiger partial charge in [0.15, 0.2) is 0 Å². The zero-order valence-corrected chi connectivity index (χ0v) is 33.4. The zero-order valence-electron chi connectivity index (χ0n) is 29.9. The maximum absolute atomic E-state index is 13.6. The fourth-order valence-corrected chi connectivity index (χ4v) is 25.6. The second kappa shape index (κ2) is 21.5. The van der Waals surface area contributed by atoms with Crippen LogP contribution in [-0.4, -0.2) is 66.1 Å². The summed E-state index contributed by atoms with van der Waals surface area (Å²) in [5.74, 6) is 0. The van der Waals surface area contributed by atoms with Crippen molar-refractivity contribution in [2.24, 2.45) is 0 Å². The first-order valence-electron chi connectivity index (χ1n) is 18.1. The van der Waals surface area contributed by atoms with Crippen molar-refractivity contribution in [1.82, 2.24) is 0 Å². The van der Waals surface area contributed by atoms with Gasteiger partial charge < -0.3 is 0 Å². The van der Waals surface area contributed by atoms with Crippen LogP contribution in [-0.2, 0) is 37.4 Å². The molecule has 0 bridgehead atoms. The van der Waals surface area contributed by atoms with Crippen LogP contribution in [0.5, 0.6) is 0 Å². The van der Waals surface area contributed by atoms with Gasteiger partial charge in [-0.2, -0.15) is 0 Å². The van der Waals surface area contributed by atoms with Gasteiger partial charge in [-0.05, 0) is 0 Å². The van der Waals surface area contributed by atoms with Gasteiger partial charge in [0.2, 0.25) is 0 Å². The van der Waals surface area contributed by atoms with Gasteiger partial charge in [0.1, 0.15) is 0 Å². The Balaban J connectivity index is 6.62. The Morgan fingerprint density at radius 3 is 0.636 bits per heavy atom. The molecule has 0 aliphatic carbocycles. The fourth-order valence-electron chi connectivity index (χ4n) is 6.71. The topological polar surface area (TPSA) is 105 Å². The molecule has 12 heteroatoms. The van der Waals surface area contributed by atoms with Crippen molar-refractivity contribution in [2.75, 3.05) is 49.3 Å². The predicted molar refractivity (Wildman–Crippen MR) is 194 cm³/mol. The van der Waals surface area contributed by atoms with Crippen LogP contribution in [0.2, 0.25) is 0 Å². The van der Waals surface area contributed by atoms with E-state index in [1.807, 2.05) is 0 Å². The molecule has 0 saturated carbocycles. The van der Waals surface area contributed by atoms with E-state index in [4.69, 9.17) is 16.6 Å². The minimum atomic E-state index is -4.80. The fraction of sp³-hybridized carbons (Fsp3) is 1.00. The van der Waals surface area contributed by atoms with E-state index in [1.54, 1.807) is 0 Å². The maximum atomic E-state index is 13.6. The molecule has 0 radical (unpaired) electrons. The van der Waals surface area contributed by atoms with Crippen LogP contribution < -0.4 is 0 Å². The molecule has 0 aromatic carbocycles. The van der Waals surface area contributed by atoms with Crippen LogP contribution in [0.1, 0.15) is 158 Å². The Bertz CT molecular complexity index is 808. The van der Waals surface area contributed by atoms with Gasteiger partial charge in [-0.25, -0.2) is 0 Å². The SMILES string of the molecule is CCCCP(CCCC)(CCCC)(CCCC)OS(=O)(=O)OOS(=O)(=O)OP(CCCC)(CCCC)(CCCC)CCCC. The Morgan fingerprint density at radius 1 is 0.341 bits per heavy atom. The molecule has 8 nitrogen and oxygen atoms in total. The van der Waals surface area contributed by atoms with E-state index in [0.29, 0.717) is 49.3 Å². The number of unbranched alkanes of at least 4 members (excludes halogenated alkanes) is 8. The van der Waals surface area contributed by atoms with Crippen molar-refractivity contribution in [1.29, 1.82) is 0 Å². The molecule has 0 aliphatic rings. The summed E-state index contributed by atoms with van der Waals surface area (Å²) in [6, 6.07) is 0. The van der Waals surface area contributed by atoms with Crippen molar-refractivity contribution in [2.45, 2.75) is 158 Å². The van der Waals surface area contributed by atoms with Crippen LogP contribution in [0.3, 0.4) is 0 Å². The second-order valence-corrected chi connectivity index (χ2v) is 27.5. The molecule has 44 heavy (non-hydrogen) atoms. The Morgan fingerprint density at radius 2 is 0.500 bits per heavy atom. The van der Waals surface area contributed by atoms with Gasteiger partial charge in [0.05, 0.1) is 0 Å². The molecule has 0 saturated heterocycles. The van der Waals surface area contributed by atoms with Gasteiger partial charge >= 0.3 is 275 Å². The second-order valence-electron chi connectivity index (χ2n) is 13.4. The summed E-state index contributed by atoms with van der Waals surface area (Å²) < 4.78 is 76.9. The molecule has 0 fully saturated rings. The summed E-state index contributed by atoms with van der Waals surface area (Å²) in [6.45, 7) is 10.2. The van der Waals surface area contributed by atoms with Crippen LogP contribution in [0, 0.1) is 0 Å². The van der Waals surface area contributed by atoms with Crippen molar-refractivity contribution in [3.8, 4) is 0 Å². The van der Waals surface area contributed by atoms with Gasteiger partial charge in [-0.3, -0.25) is 0 Å². The quantitative estimate of drug-likeness (QED) is 0.0398. The van der Waals surface area contributed by atoms with Crippen molar-refractivity contribution in [3.63, 3.8) is 0 Å². The van der Waals surface area contributed by atoms with Gasteiger partial charge in [-0.15, -0.1) is 0 Å². The van der Waals surface area contributed by atoms with Crippen molar-refractivity contribution < 1.29 is 33.4 Å². The van der Waals surface area contributed by atoms with Gasteiger partial charge in [-0.1, -0.05) is 0 Å². The van der Waals surface area contributed by atoms with Crippen molar-refractivity contribution in [3.05, 3.63) is 0 Å². The number of rotatable bonds is 31. The Kier molecular flexibility index (Phi) is 21.8. The summed E-state index contributed by atoms with van der Waals surface area (Å²) in [6.07, 6.45) is 19.7. The predicted octanol–water partition coefficient (Wildman–Crippen LogP) is 10.8. The van der Waals surface area contributed by atoms with E-state index >= 15 is 0 Å². The summed E-state index contributed by atoms with van der Waals surface area (Å²) in [5.41, 5.74) is 0. The molecule has 0 aliphatic heterocycles. The average Bonchev–Trinajstić information content (AvgIpc) is 3.00. The number of hydrogen-bond donors (Lipinski definition) is 0. The van der Waals surface area contributed by atoms with E-state index in [1.165, 1.54) is 0 Å². The first kappa shape index (κ1) is 44.6. The first-order chi connectivity index (χ1) is 20.7. The molecule has 270 valence electrons. The van der Waals surface area contributed by atoms with E-state index in [-0.39, 0.29) is 0 Å². The molecule has 0 amide bonds. The molecular weight excluding hydrogens is 638 g/mol. The summed E-state index contributed by atoms with van der Waals surface area (Å²) >= 11 is 0. The van der Waals surface area contributed by atoms with E-state index in [9.17, 15) is 16.8 Å². The van der Waals surface area contributed by atoms with Crippen LogP contribution in [0.15, 0.2) is 0 Å². The van der Waals surface area contributed by atoms with Crippen LogP contribution >= 0.6 is 13.7 Å². The molecule has 0 rings (SSSR count). The van der Waals surface area contributed by atoms with Crippen LogP contribution in [0.25, 0.3) is 0 Å². The summed E-state index contributed by atoms with van der Waals surface area (Å²) in [5, 5.41) is 0. The molecule has 0 spiro atoms. The summed E-state index contributed by atoms with van der Waals surface area (Å²) in [4.78, 5) is 0.